The van der Waals surface area contributed by atoms with Crippen LogP contribution in [0.4, 0.5) is 0 Å². The predicted molar refractivity (Wildman–Crippen MR) is 101 cm³/mol. The SMILES string of the molecule is COc1cc(OC)cc(C(=O)N2CCC(c3nc4cccnc4n3C)C2)c1. The first-order valence-corrected chi connectivity index (χ1v) is 8.90. The van der Waals surface area contributed by atoms with E-state index < -0.39 is 0 Å². The molecule has 0 N–H and O–H groups in total. The highest BCUT2D eigenvalue weighted by atomic mass is 16.5. The number of fused-ring (bicyclic) bond motifs is 1. The first kappa shape index (κ1) is 17.3. The lowest BCUT2D eigenvalue weighted by atomic mass is 10.1. The van der Waals surface area contributed by atoms with Crippen molar-refractivity contribution in [2.45, 2.75) is 12.3 Å². The summed E-state index contributed by atoms with van der Waals surface area (Å²) in [4.78, 5) is 24.0. The number of imidazole rings is 1. The fraction of sp³-hybridized carbons (Fsp3) is 0.350. The highest BCUT2D eigenvalue weighted by Crippen LogP contribution is 2.30. The summed E-state index contributed by atoms with van der Waals surface area (Å²) in [6, 6.07) is 9.11. The minimum Gasteiger partial charge on any atom is -0.497 e. The lowest BCUT2D eigenvalue weighted by Gasteiger charge is -2.17. The van der Waals surface area contributed by atoms with Crippen LogP contribution in [0.5, 0.6) is 11.5 Å². The van der Waals surface area contributed by atoms with Gasteiger partial charge in [-0.2, -0.15) is 0 Å². The van der Waals surface area contributed by atoms with E-state index in [1.807, 2.05) is 28.6 Å². The molecule has 140 valence electrons. The van der Waals surface area contributed by atoms with Crippen LogP contribution < -0.4 is 9.47 Å². The fourth-order valence-corrected chi connectivity index (χ4v) is 3.68. The molecule has 7 heteroatoms. The first-order valence-electron chi connectivity index (χ1n) is 8.90. The zero-order valence-electron chi connectivity index (χ0n) is 15.7. The second-order valence-electron chi connectivity index (χ2n) is 6.71. The van der Waals surface area contributed by atoms with E-state index in [1.54, 1.807) is 38.6 Å². The Labute approximate surface area is 157 Å². The summed E-state index contributed by atoms with van der Waals surface area (Å²) in [7, 11) is 5.14. The predicted octanol–water partition coefficient (Wildman–Crippen LogP) is 2.62. The van der Waals surface area contributed by atoms with E-state index in [1.165, 1.54) is 0 Å². The Morgan fingerprint density at radius 1 is 1.19 bits per heavy atom. The van der Waals surface area contributed by atoms with Crippen LogP contribution in [0.25, 0.3) is 11.2 Å². The van der Waals surface area contributed by atoms with Crippen LogP contribution in [0.1, 0.15) is 28.5 Å². The molecule has 1 saturated heterocycles. The zero-order chi connectivity index (χ0) is 19.0. The lowest BCUT2D eigenvalue weighted by Crippen LogP contribution is -2.28. The number of ether oxygens (including phenoxy) is 2. The number of hydrogen-bond donors (Lipinski definition) is 0. The maximum atomic E-state index is 13.0. The molecule has 1 aliphatic rings. The van der Waals surface area contributed by atoms with E-state index in [2.05, 4.69) is 4.98 Å². The average Bonchev–Trinajstić information content (AvgIpc) is 3.32. The van der Waals surface area contributed by atoms with Gasteiger partial charge in [0, 0.05) is 43.9 Å². The lowest BCUT2D eigenvalue weighted by molar-refractivity contribution is 0.0789. The van der Waals surface area contributed by atoms with Gasteiger partial charge in [-0.05, 0) is 30.7 Å². The number of likely N-dealkylation sites (tertiary alicyclic amines) is 1. The molecule has 4 rings (SSSR count). The average molecular weight is 366 g/mol. The molecule has 1 unspecified atom stereocenters. The number of aromatic nitrogens is 3. The summed E-state index contributed by atoms with van der Waals surface area (Å²) in [6.45, 7) is 1.33. The van der Waals surface area contributed by atoms with Crippen LogP contribution in [0.15, 0.2) is 36.5 Å². The standard InChI is InChI=1S/C20H22N4O3/c1-23-18(22-17-5-4-7-21-19(17)23)13-6-8-24(12-13)20(25)14-9-15(26-2)11-16(10-14)27-3/h4-5,7,9-11,13H,6,8,12H2,1-3H3. The topological polar surface area (TPSA) is 69.5 Å². The van der Waals surface area contributed by atoms with Gasteiger partial charge in [-0.1, -0.05) is 0 Å². The zero-order valence-corrected chi connectivity index (χ0v) is 15.7. The number of aryl methyl sites for hydroxylation is 1. The number of amides is 1. The Kier molecular flexibility index (Phi) is 4.43. The third kappa shape index (κ3) is 3.09. The summed E-state index contributed by atoms with van der Waals surface area (Å²) in [6.07, 6.45) is 2.65. The first-order chi connectivity index (χ1) is 13.1. The van der Waals surface area contributed by atoms with Crippen molar-refractivity contribution in [3.8, 4) is 11.5 Å². The second-order valence-corrected chi connectivity index (χ2v) is 6.71. The smallest absolute Gasteiger partial charge is 0.254 e. The normalized spacial score (nSPS) is 16.7. The molecule has 1 aliphatic heterocycles. The third-order valence-electron chi connectivity index (χ3n) is 5.10. The molecule has 0 bridgehead atoms. The van der Waals surface area contributed by atoms with E-state index in [0.717, 1.165) is 23.4 Å². The van der Waals surface area contributed by atoms with Crippen molar-refractivity contribution < 1.29 is 14.3 Å². The molecule has 1 atom stereocenters. The number of nitrogens with zero attached hydrogens (tertiary/aromatic N) is 4. The Balaban J connectivity index is 1.57. The van der Waals surface area contributed by atoms with E-state index >= 15 is 0 Å². The number of hydrogen-bond acceptors (Lipinski definition) is 5. The van der Waals surface area contributed by atoms with Crippen molar-refractivity contribution in [3.05, 3.63) is 47.9 Å². The van der Waals surface area contributed by atoms with Gasteiger partial charge in [0.1, 0.15) is 22.8 Å². The molecule has 2 aromatic heterocycles. The number of carbonyl (C=O) groups is 1. The van der Waals surface area contributed by atoms with Crippen LogP contribution in [0.2, 0.25) is 0 Å². The number of carbonyl (C=O) groups excluding carboxylic acids is 1. The number of benzene rings is 1. The Morgan fingerprint density at radius 3 is 2.59 bits per heavy atom. The molecule has 1 fully saturated rings. The van der Waals surface area contributed by atoms with Crippen molar-refractivity contribution in [1.29, 1.82) is 0 Å². The van der Waals surface area contributed by atoms with Crippen LogP contribution >= 0.6 is 0 Å². The summed E-state index contributed by atoms with van der Waals surface area (Å²) < 4.78 is 12.6. The maximum absolute atomic E-state index is 13.0. The third-order valence-corrected chi connectivity index (χ3v) is 5.10. The van der Waals surface area contributed by atoms with Gasteiger partial charge in [-0.15, -0.1) is 0 Å². The highest BCUT2D eigenvalue weighted by molar-refractivity contribution is 5.95. The highest BCUT2D eigenvalue weighted by Gasteiger charge is 2.31. The quantitative estimate of drug-likeness (QED) is 0.710. The van der Waals surface area contributed by atoms with Crippen molar-refractivity contribution in [3.63, 3.8) is 0 Å². The maximum Gasteiger partial charge on any atom is 0.254 e. The van der Waals surface area contributed by atoms with E-state index in [9.17, 15) is 4.79 Å². The van der Waals surface area contributed by atoms with E-state index in [0.29, 0.717) is 30.2 Å². The van der Waals surface area contributed by atoms with Crippen LogP contribution in [-0.4, -0.2) is 52.7 Å². The molecule has 27 heavy (non-hydrogen) atoms. The Bertz CT molecular complexity index is 976. The van der Waals surface area contributed by atoms with Gasteiger partial charge >= 0.3 is 0 Å². The van der Waals surface area contributed by atoms with Crippen LogP contribution in [-0.2, 0) is 7.05 Å². The van der Waals surface area contributed by atoms with Crippen LogP contribution in [0.3, 0.4) is 0 Å². The largest absolute Gasteiger partial charge is 0.497 e. The molecule has 3 heterocycles. The van der Waals surface area contributed by atoms with Crippen molar-refractivity contribution in [2.24, 2.45) is 7.05 Å². The molecule has 7 nitrogen and oxygen atoms in total. The fourth-order valence-electron chi connectivity index (χ4n) is 3.68. The molecule has 0 radical (unpaired) electrons. The molecule has 3 aromatic rings. The van der Waals surface area contributed by atoms with Gasteiger partial charge in [-0.25, -0.2) is 9.97 Å². The van der Waals surface area contributed by atoms with Crippen molar-refractivity contribution in [1.82, 2.24) is 19.4 Å². The molecule has 0 spiro atoms. The molecule has 0 aliphatic carbocycles. The number of methoxy groups -OCH3 is 2. The minimum atomic E-state index is -0.0217. The summed E-state index contributed by atoms with van der Waals surface area (Å²) in [5, 5.41) is 0. The molecule has 0 saturated carbocycles. The second kappa shape index (κ2) is 6.90. The molecular weight excluding hydrogens is 344 g/mol. The minimum absolute atomic E-state index is 0.0217. The van der Waals surface area contributed by atoms with Gasteiger partial charge in [0.05, 0.1) is 14.2 Å². The van der Waals surface area contributed by atoms with Gasteiger partial charge in [0.25, 0.3) is 5.91 Å². The monoisotopic (exact) mass is 366 g/mol. The van der Waals surface area contributed by atoms with E-state index in [4.69, 9.17) is 14.5 Å². The summed E-state index contributed by atoms with van der Waals surface area (Å²) in [5.41, 5.74) is 2.32. The Hall–Kier alpha value is -3.09. The number of rotatable bonds is 4. The van der Waals surface area contributed by atoms with Gasteiger partial charge in [0.15, 0.2) is 5.65 Å². The van der Waals surface area contributed by atoms with Crippen molar-refractivity contribution in [2.75, 3.05) is 27.3 Å². The molecular formula is C20H22N4O3. The summed E-state index contributed by atoms with van der Waals surface area (Å²) in [5.74, 6) is 2.36. The van der Waals surface area contributed by atoms with E-state index in [-0.39, 0.29) is 11.8 Å². The van der Waals surface area contributed by atoms with Gasteiger partial charge < -0.3 is 18.9 Å². The molecule has 1 aromatic carbocycles. The van der Waals surface area contributed by atoms with Gasteiger partial charge in [0.2, 0.25) is 0 Å². The van der Waals surface area contributed by atoms with Gasteiger partial charge in [-0.3, -0.25) is 4.79 Å². The number of pyridine rings is 1. The molecule has 1 amide bonds. The van der Waals surface area contributed by atoms with Crippen LogP contribution in [0, 0.1) is 0 Å². The summed E-state index contributed by atoms with van der Waals surface area (Å²) >= 11 is 0. The Morgan fingerprint density at radius 2 is 1.93 bits per heavy atom. The van der Waals surface area contributed by atoms with Crippen molar-refractivity contribution >= 4 is 17.1 Å².